The molecular weight excluding hydrogens is 485 g/mol. The molecule has 0 amide bonds. The van der Waals surface area contributed by atoms with E-state index in [2.05, 4.69) is 15.6 Å². The Morgan fingerprint density at radius 3 is 2.59 bits per heavy atom. The number of ether oxygens (including phenoxy) is 4. The number of hydrogen-bond donors (Lipinski definition) is 2. The number of aliphatic imine (C=N–C) groups is 1. The first-order valence-electron chi connectivity index (χ1n) is 10.1. The molecule has 0 radical (unpaired) electrons. The molecule has 1 aromatic carbocycles. The van der Waals surface area contributed by atoms with Gasteiger partial charge in [0.25, 0.3) is 0 Å². The second-order valence-electron chi connectivity index (χ2n) is 6.81. The number of nitrogens with zero attached hydrogens (tertiary/aromatic N) is 1. The fourth-order valence-corrected chi connectivity index (χ4v) is 3.13. The van der Waals surface area contributed by atoms with E-state index in [1.54, 1.807) is 21.3 Å². The van der Waals surface area contributed by atoms with Gasteiger partial charge in [-0.25, -0.2) is 0 Å². The number of halogens is 1. The number of benzene rings is 1. The van der Waals surface area contributed by atoms with Crippen molar-refractivity contribution in [3.05, 3.63) is 23.8 Å². The second-order valence-corrected chi connectivity index (χ2v) is 6.81. The first-order valence-corrected chi connectivity index (χ1v) is 10.1. The molecule has 1 fully saturated rings. The molecule has 0 saturated heterocycles. The quantitative estimate of drug-likeness (QED) is 0.190. The van der Waals surface area contributed by atoms with Crippen molar-refractivity contribution in [3.8, 4) is 11.5 Å². The van der Waals surface area contributed by atoms with Crippen molar-refractivity contribution in [1.29, 1.82) is 0 Å². The highest BCUT2D eigenvalue weighted by atomic mass is 127. The summed E-state index contributed by atoms with van der Waals surface area (Å²) in [5.74, 6) is 2.47. The Balaban J connectivity index is 0.00000420. The average Bonchev–Trinajstić information content (AvgIpc) is 3.23. The summed E-state index contributed by atoms with van der Waals surface area (Å²) < 4.78 is 22.0. The molecule has 0 atom stereocenters. The van der Waals surface area contributed by atoms with Gasteiger partial charge in [0.05, 0.1) is 26.4 Å². The first kappa shape index (κ1) is 25.8. The summed E-state index contributed by atoms with van der Waals surface area (Å²) in [5, 5.41) is 6.66. The van der Waals surface area contributed by atoms with Crippen LogP contribution in [0.4, 0.5) is 0 Å². The van der Waals surface area contributed by atoms with Gasteiger partial charge in [0, 0.05) is 45.5 Å². The smallest absolute Gasteiger partial charge is 0.191 e. The Hall–Kier alpha value is -1.26. The highest BCUT2D eigenvalue weighted by Crippen LogP contribution is 2.29. The standard InChI is InChI=1S/C21H35N3O4.HI/c1-22-21(23-11-6-12-27-14-13-25-2)24-16-17-9-10-19(26-3)15-20(17)28-18-7-4-5-8-18;/h9-10,15,18H,4-8,11-14,16H2,1-3H3,(H2,22,23,24);1H. The fourth-order valence-electron chi connectivity index (χ4n) is 3.13. The number of guanidine groups is 1. The normalized spacial score (nSPS) is 14.4. The molecule has 0 spiro atoms. The van der Waals surface area contributed by atoms with Crippen LogP contribution in [0.25, 0.3) is 0 Å². The van der Waals surface area contributed by atoms with Gasteiger partial charge in [-0.15, -0.1) is 24.0 Å². The lowest BCUT2D eigenvalue weighted by atomic mass is 10.2. The van der Waals surface area contributed by atoms with Crippen molar-refractivity contribution in [2.45, 2.75) is 44.8 Å². The molecule has 1 aliphatic rings. The molecule has 166 valence electrons. The van der Waals surface area contributed by atoms with Gasteiger partial charge in [-0.3, -0.25) is 4.99 Å². The molecule has 0 aliphatic heterocycles. The highest BCUT2D eigenvalue weighted by molar-refractivity contribution is 14.0. The van der Waals surface area contributed by atoms with E-state index in [0.29, 0.717) is 32.5 Å². The van der Waals surface area contributed by atoms with E-state index >= 15 is 0 Å². The summed E-state index contributed by atoms with van der Waals surface area (Å²) in [6.07, 6.45) is 5.95. The lowest BCUT2D eigenvalue weighted by Crippen LogP contribution is -2.37. The van der Waals surface area contributed by atoms with Crippen molar-refractivity contribution in [1.82, 2.24) is 10.6 Å². The minimum absolute atomic E-state index is 0. The van der Waals surface area contributed by atoms with Crippen molar-refractivity contribution in [2.24, 2.45) is 4.99 Å². The Morgan fingerprint density at radius 2 is 1.90 bits per heavy atom. The van der Waals surface area contributed by atoms with Gasteiger partial charge >= 0.3 is 0 Å². The zero-order valence-electron chi connectivity index (χ0n) is 17.9. The largest absolute Gasteiger partial charge is 0.497 e. The third kappa shape index (κ3) is 9.86. The summed E-state index contributed by atoms with van der Waals surface area (Å²) >= 11 is 0. The fraction of sp³-hybridized carbons (Fsp3) is 0.667. The molecule has 1 aromatic rings. The summed E-state index contributed by atoms with van der Waals surface area (Å²) in [6, 6.07) is 5.99. The molecule has 2 N–H and O–H groups in total. The maximum absolute atomic E-state index is 6.25. The van der Waals surface area contributed by atoms with E-state index in [-0.39, 0.29) is 24.0 Å². The molecule has 1 saturated carbocycles. The van der Waals surface area contributed by atoms with Crippen molar-refractivity contribution in [3.63, 3.8) is 0 Å². The zero-order chi connectivity index (χ0) is 20.0. The van der Waals surface area contributed by atoms with E-state index < -0.39 is 0 Å². The topological polar surface area (TPSA) is 73.3 Å². The van der Waals surface area contributed by atoms with Gasteiger partial charge in [-0.2, -0.15) is 0 Å². The van der Waals surface area contributed by atoms with Gasteiger partial charge in [0.2, 0.25) is 0 Å². The van der Waals surface area contributed by atoms with Gasteiger partial charge in [-0.05, 0) is 44.2 Å². The zero-order valence-corrected chi connectivity index (χ0v) is 20.2. The SMILES string of the molecule is CN=C(NCCCOCCOC)NCc1ccc(OC)cc1OC1CCCC1.I. The molecule has 8 heteroatoms. The van der Waals surface area contributed by atoms with Crippen LogP contribution in [0.2, 0.25) is 0 Å². The summed E-state index contributed by atoms with van der Waals surface area (Å²) in [6.45, 7) is 3.39. The highest BCUT2D eigenvalue weighted by Gasteiger charge is 2.18. The second kappa shape index (κ2) is 15.6. The van der Waals surface area contributed by atoms with Crippen molar-refractivity contribution in [2.75, 3.05) is 47.6 Å². The Labute approximate surface area is 191 Å². The van der Waals surface area contributed by atoms with E-state index in [1.165, 1.54) is 12.8 Å². The van der Waals surface area contributed by atoms with Gasteiger partial charge < -0.3 is 29.6 Å². The van der Waals surface area contributed by atoms with Crippen LogP contribution in [-0.4, -0.2) is 59.7 Å². The molecular formula is C21H36IN3O4. The van der Waals surface area contributed by atoms with E-state index in [1.807, 2.05) is 18.2 Å². The minimum atomic E-state index is 0. The molecule has 29 heavy (non-hydrogen) atoms. The predicted molar refractivity (Wildman–Crippen MR) is 127 cm³/mol. The minimum Gasteiger partial charge on any atom is -0.497 e. The van der Waals surface area contributed by atoms with Crippen LogP contribution >= 0.6 is 24.0 Å². The van der Waals surface area contributed by atoms with Gasteiger partial charge in [0.15, 0.2) is 5.96 Å². The van der Waals surface area contributed by atoms with Crippen molar-refractivity contribution >= 4 is 29.9 Å². The van der Waals surface area contributed by atoms with Crippen LogP contribution in [0.15, 0.2) is 23.2 Å². The molecule has 0 heterocycles. The lowest BCUT2D eigenvalue weighted by Gasteiger charge is -2.19. The predicted octanol–water partition coefficient (Wildman–Crippen LogP) is 3.35. The molecule has 1 aliphatic carbocycles. The summed E-state index contributed by atoms with van der Waals surface area (Å²) in [4.78, 5) is 4.29. The van der Waals surface area contributed by atoms with Crippen LogP contribution in [0.3, 0.4) is 0 Å². The molecule has 0 bridgehead atoms. The van der Waals surface area contributed by atoms with E-state index in [9.17, 15) is 0 Å². The van der Waals surface area contributed by atoms with Gasteiger partial charge in [0.1, 0.15) is 11.5 Å². The van der Waals surface area contributed by atoms with Crippen LogP contribution in [-0.2, 0) is 16.0 Å². The number of methoxy groups -OCH3 is 2. The Bertz CT molecular complexity index is 595. The first-order chi connectivity index (χ1) is 13.8. The van der Waals surface area contributed by atoms with Crippen molar-refractivity contribution < 1.29 is 18.9 Å². The van der Waals surface area contributed by atoms with Gasteiger partial charge in [-0.1, -0.05) is 0 Å². The molecule has 2 rings (SSSR count). The van der Waals surface area contributed by atoms with Crippen LogP contribution in [0.5, 0.6) is 11.5 Å². The average molecular weight is 521 g/mol. The summed E-state index contributed by atoms with van der Waals surface area (Å²) in [5.41, 5.74) is 1.10. The lowest BCUT2D eigenvalue weighted by molar-refractivity contribution is 0.0698. The Kier molecular flexibility index (Phi) is 13.8. The number of hydrogen-bond acceptors (Lipinski definition) is 5. The van der Waals surface area contributed by atoms with Crippen LogP contribution in [0, 0.1) is 0 Å². The number of nitrogens with one attached hydrogen (secondary N) is 2. The maximum Gasteiger partial charge on any atom is 0.191 e. The van der Waals surface area contributed by atoms with E-state index in [0.717, 1.165) is 48.8 Å². The number of rotatable bonds is 12. The van der Waals surface area contributed by atoms with Crippen LogP contribution in [0.1, 0.15) is 37.7 Å². The van der Waals surface area contributed by atoms with E-state index in [4.69, 9.17) is 18.9 Å². The Morgan fingerprint density at radius 1 is 1.10 bits per heavy atom. The third-order valence-corrected chi connectivity index (χ3v) is 4.73. The molecule has 0 aromatic heterocycles. The molecule has 0 unspecified atom stereocenters. The maximum atomic E-state index is 6.25. The van der Waals surface area contributed by atoms with Crippen LogP contribution < -0.4 is 20.1 Å². The monoisotopic (exact) mass is 521 g/mol. The third-order valence-electron chi connectivity index (χ3n) is 4.73. The summed E-state index contributed by atoms with van der Waals surface area (Å²) in [7, 11) is 5.12. The molecule has 7 nitrogen and oxygen atoms in total.